The number of hydrogen-bond acceptors (Lipinski definition) is 2. The van der Waals surface area contributed by atoms with Gasteiger partial charge in [-0.3, -0.25) is 0 Å². The monoisotopic (exact) mass is 481 g/mol. The van der Waals surface area contributed by atoms with Gasteiger partial charge in [0.1, 0.15) is 0 Å². The van der Waals surface area contributed by atoms with E-state index in [4.69, 9.17) is 0 Å². The Bertz CT molecular complexity index is 774. The number of carbonyl (C=O) groups excluding carboxylic acids is 1. The molecule has 0 N–H and O–H groups in total. The van der Waals surface area contributed by atoms with Crippen LogP contribution in [0.4, 0.5) is 13.2 Å². The van der Waals surface area contributed by atoms with Crippen LogP contribution in [0.3, 0.4) is 0 Å². The lowest BCUT2D eigenvalue weighted by atomic mass is 9.47. The highest BCUT2D eigenvalue weighted by atomic mass is 19.4. The number of fused-ring (bicyclic) bond motifs is 5. The summed E-state index contributed by atoms with van der Waals surface area (Å²) in [7, 11) is 0. The lowest BCUT2D eigenvalue weighted by molar-refractivity contribution is -0.200. The molecule has 0 aromatic heterocycles. The lowest BCUT2D eigenvalue weighted by Gasteiger charge is -2.58. The third-order valence-corrected chi connectivity index (χ3v) is 10.7. The van der Waals surface area contributed by atoms with E-state index in [1.54, 1.807) is 5.57 Å². The van der Waals surface area contributed by atoms with Gasteiger partial charge in [-0.1, -0.05) is 52.2 Å². The third-order valence-electron chi connectivity index (χ3n) is 10.7. The first-order valence-corrected chi connectivity index (χ1v) is 13.7. The van der Waals surface area contributed by atoms with Crippen LogP contribution >= 0.6 is 0 Å². The molecule has 0 heterocycles. The van der Waals surface area contributed by atoms with E-state index < -0.39 is 12.1 Å². The Balaban J connectivity index is 1.30. The molecule has 4 aliphatic carbocycles. The van der Waals surface area contributed by atoms with Crippen LogP contribution in [0.15, 0.2) is 11.6 Å². The van der Waals surface area contributed by atoms with E-state index >= 15 is 0 Å². The summed E-state index contributed by atoms with van der Waals surface area (Å²) < 4.78 is 41.4. The van der Waals surface area contributed by atoms with Crippen LogP contribution in [-0.2, 0) is 9.53 Å². The van der Waals surface area contributed by atoms with Crippen molar-refractivity contribution in [2.75, 3.05) is 6.61 Å². The molecule has 8 atom stereocenters. The molecule has 0 bridgehead atoms. The number of halogens is 3. The van der Waals surface area contributed by atoms with Crippen molar-refractivity contribution in [1.29, 1.82) is 0 Å². The molecule has 3 saturated carbocycles. The average Bonchev–Trinajstić information content (AvgIpc) is 3.13. The highest BCUT2D eigenvalue weighted by molar-refractivity contribution is 5.75. The predicted octanol–water partition coefficient (Wildman–Crippen LogP) is 8.32. The number of ether oxygens (including phenoxy) is 1. The van der Waals surface area contributed by atoms with Crippen molar-refractivity contribution in [3.8, 4) is 0 Å². The second-order valence-electron chi connectivity index (χ2n) is 12.6. The van der Waals surface area contributed by atoms with Gasteiger partial charge in [0.05, 0.1) is 6.61 Å². The van der Waals surface area contributed by atoms with Gasteiger partial charge in [-0.15, -0.1) is 0 Å². The number of rotatable bonds is 7. The first-order chi connectivity index (χ1) is 16.0. The molecule has 4 rings (SSSR count). The van der Waals surface area contributed by atoms with Crippen molar-refractivity contribution in [2.45, 2.75) is 105 Å². The number of alkyl halides is 3. The minimum atomic E-state index is -4.90. The smallest absolute Gasteiger partial charge is 0.459 e. The maximum atomic E-state index is 12.3. The highest BCUT2D eigenvalue weighted by Crippen LogP contribution is 2.67. The summed E-state index contributed by atoms with van der Waals surface area (Å²) in [5.41, 5.74) is 2.58. The average molecular weight is 482 g/mol. The van der Waals surface area contributed by atoms with Crippen LogP contribution in [0.2, 0.25) is 0 Å². The fourth-order valence-corrected chi connectivity index (χ4v) is 8.83. The molecule has 0 aliphatic heterocycles. The van der Waals surface area contributed by atoms with Crippen molar-refractivity contribution >= 4 is 5.97 Å². The molecular weight excluding hydrogens is 437 g/mol. The second kappa shape index (κ2) is 9.81. The Morgan fingerprint density at radius 2 is 1.88 bits per heavy atom. The van der Waals surface area contributed by atoms with Crippen molar-refractivity contribution in [3.05, 3.63) is 18.1 Å². The van der Waals surface area contributed by atoms with E-state index in [1.165, 1.54) is 51.4 Å². The molecule has 0 spiro atoms. The zero-order chi connectivity index (χ0) is 24.7. The molecule has 1 radical (unpaired) electrons. The van der Waals surface area contributed by atoms with Gasteiger partial charge < -0.3 is 4.74 Å². The topological polar surface area (TPSA) is 26.3 Å². The Morgan fingerprint density at radius 3 is 2.62 bits per heavy atom. The van der Waals surface area contributed by atoms with E-state index in [-0.39, 0.29) is 12.5 Å². The fraction of sp³-hybridized carbons (Fsp3) is 0.862. The van der Waals surface area contributed by atoms with Crippen molar-refractivity contribution in [1.82, 2.24) is 0 Å². The van der Waals surface area contributed by atoms with Gasteiger partial charge in [-0.05, 0) is 111 Å². The molecule has 2 nitrogen and oxygen atoms in total. The van der Waals surface area contributed by atoms with Gasteiger partial charge in [0.2, 0.25) is 0 Å². The Hall–Kier alpha value is -1.00. The zero-order valence-corrected chi connectivity index (χ0v) is 21.6. The molecule has 3 fully saturated rings. The first-order valence-electron chi connectivity index (χ1n) is 13.7. The Labute approximate surface area is 204 Å². The highest BCUT2D eigenvalue weighted by Gasteiger charge is 2.58. The summed E-state index contributed by atoms with van der Waals surface area (Å²) in [6.45, 7) is 9.27. The van der Waals surface area contributed by atoms with Gasteiger partial charge >= 0.3 is 12.1 Å². The molecule has 0 unspecified atom stereocenters. The summed E-state index contributed by atoms with van der Waals surface area (Å²) in [6.07, 6.45) is 13.6. The number of carbonyl (C=O) groups is 1. The molecule has 5 heteroatoms. The number of hydrogen-bond donors (Lipinski definition) is 0. The predicted molar refractivity (Wildman–Crippen MR) is 129 cm³/mol. The van der Waals surface area contributed by atoms with Gasteiger partial charge in [0.25, 0.3) is 0 Å². The lowest BCUT2D eigenvalue weighted by Crippen LogP contribution is -2.50. The Kier molecular flexibility index (Phi) is 7.52. The van der Waals surface area contributed by atoms with E-state index in [0.717, 1.165) is 42.9 Å². The van der Waals surface area contributed by atoms with Crippen LogP contribution in [0.25, 0.3) is 0 Å². The van der Waals surface area contributed by atoms with Crippen molar-refractivity contribution in [3.63, 3.8) is 0 Å². The second-order valence-corrected chi connectivity index (χ2v) is 12.6. The summed E-state index contributed by atoms with van der Waals surface area (Å²) >= 11 is 0. The first kappa shape index (κ1) is 26.1. The van der Waals surface area contributed by atoms with Crippen LogP contribution in [0, 0.1) is 52.8 Å². The van der Waals surface area contributed by atoms with Crippen molar-refractivity contribution in [2.24, 2.45) is 46.3 Å². The standard InChI is InChI=1S/C29H44F3O2/c1-19(18-34-26(33)29(30,31)32)8-7-9-20(2)23-13-14-24-22-12-11-21-10-5-6-16-27(21,3)25(22)15-17-28(23,24)4/h5,11,19-20,22-25H,6-10,12-18H2,1-4H3/t19-,20-,22+,23-,24+,25+,27+,28-/m1/s1. The molecular formula is C29H44F3O2. The molecule has 4 aliphatic rings. The molecule has 0 aromatic rings. The molecule has 193 valence electrons. The third kappa shape index (κ3) is 4.83. The largest absolute Gasteiger partial charge is 0.490 e. The minimum Gasteiger partial charge on any atom is -0.459 e. The summed E-state index contributed by atoms with van der Waals surface area (Å²) in [5.74, 6) is 1.79. The van der Waals surface area contributed by atoms with Crippen LogP contribution in [0.5, 0.6) is 0 Å². The number of allylic oxidation sites excluding steroid dienone is 2. The molecule has 0 amide bonds. The summed E-state index contributed by atoms with van der Waals surface area (Å²) in [6, 6.07) is 0. The van der Waals surface area contributed by atoms with Gasteiger partial charge in [-0.25, -0.2) is 4.79 Å². The summed E-state index contributed by atoms with van der Waals surface area (Å²) in [5, 5.41) is 0. The van der Waals surface area contributed by atoms with E-state index in [2.05, 4.69) is 38.0 Å². The molecule has 34 heavy (non-hydrogen) atoms. The van der Waals surface area contributed by atoms with E-state index in [9.17, 15) is 18.0 Å². The Morgan fingerprint density at radius 1 is 1.12 bits per heavy atom. The number of esters is 1. The van der Waals surface area contributed by atoms with Gasteiger partial charge in [0.15, 0.2) is 0 Å². The van der Waals surface area contributed by atoms with Gasteiger partial charge in [0, 0.05) is 0 Å². The minimum absolute atomic E-state index is 0.0439. The van der Waals surface area contributed by atoms with Crippen LogP contribution in [-0.4, -0.2) is 18.8 Å². The summed E-state index contributed by atoms with van der Waals surface area (Å²) in [4.78, 5) is 10.9. The van der Waals surface area contributed by atoms with Crippen LogP contribution < -0.4 is 0 Å². The van der Waals surface area contributed by atoms with Gasteiger partial charge in [-0.2, -0.15) is 13.2 Å². The SMILES string of the molecule is C[C@H](CCC[C@@H](C)[C@H]1CC[C@H]2[C@@H]3CC=C4C[CH]CC[C@]4(C)[C@H]3CC[C@]12C)COC(=O)C(F)(F)F. The maximum Gasteiger partial charge on any atom is 0.490 e. The van der Waals surface area contributed by atoms with Crippen molar-refractivity contribution < 1.29 is 22.7 Å². The van der Waals surface area contributed by atoms with E-state index in [1.807, 2.05) is 6.92 Å². The zero-order valence-electron chi connectivity index (χ0n) is 21.6. The maximum absolute atomic E-state index is 12.3. The molecule has 0 aromatic carbocycles. The normalized spacial score (nSPS) is 39.3. The molecule has 0 saturated heterocycles. The quantitative estimate of drug-likeness (QED) is 0.270. The van der Waals surface area contributed by atoms with Crippen LogP contribution in [0.1, 0.15) is 98.3 Å². The fourth-order valence-electron chi connectivity index (χ4n) is 8.83. The van der Waals surface area contributed by atoms with E-state index in [0.29, 0.717) is 16.7 Å².